The summed E-state index contributed by atoms with van der Waals surface area (Å²) in [6, 6.07) is 10.7. The summed E-state index contributed by atoms with van der Waals surface area (Å²) in [4.78, 5) is 18.6. The van der Waals surface area contributed by atoms with Crippen LogP contribution in [0.4, 0.5) is 0 Å². The van der Waals surface area contributed by atoms with Crippen molar-refractivity contribution in [3.63, 3.8) is 0 Å². The van der Waals surface area contributed by atoms with E-state index in [1.165, 1.54) is 5.56 Å². The van der Waals surface area contributed by atoms with Crippen LogP contribution >= 0.6 is 0 Å². The molecule has 2 aromatic rings. The maximum atomic E-state index is 12.1. The van der Waals surface area contributed by atoms with E-state index >= 15 is 0 Å². The lowest BCUT2D eigenvalue weighted by molar-refractivity contribution is -0.121. The summed E-state index contributed by atoms with van der Waals surface area (Å²) in [7, 11) is 0. The van der Waals surface area contributed by atoms with Gasteiger partial charge in [-0.15, -0.1) is 0 Å². The van der Waals surface area contributed by atoms with Gasteiger partial charge in [-0.2, -0.15) is 4.98 Å². The summed E-state index contributed by atoms with van der Waals surface area (Å²) in [5.74, 6) is 1.35. The number of amides is 1. The highest BCUT2D eigenvalue weighted by molar-refractivity contribution is 5.76. The Morgan fingerprint density at radius 3 is 2.96 bits per heavy atom. The Bertz CT molecular complexity index is 656. The molecule has 1 amide bonds. The number of nitrogens with one attached hydrogen (secondary N) is 1. The van der Waals surface area contributed by atoms with Crippen LogP contribution in [0, 0.1) is 6.92 Å². The summed E-state index contributed by atoms with van der Waals surface area (Å²) in [6.07, 6.45) is 2.89. The van der Waals surface area contributed by atoms with Crippen molar-refractivity contribution in [2.75, 3.05) is 13.1 Å². The largest absolute Gasteiger partial charge is 0.352 e. The van der Waals surface area contributed by atoms with Crippen molar-refractivity contribution in [3.8, 4) is 0 Å². The molecule has 0 aliphatic carbocycles. The number of rotatable bonds is 7. The van der Waals surface area contributed by atoms with Gasteiger partial charge in [-0.3, -0.25) is 9.69 Å². The molecular weight excluding hydrogens is 304 g/mol. The highest BCUT2D eigenvalue weighted by Gasteiger charge is 2.23. The molecule has 1 aromatic carbocycles. The van der Waals surface area contributed by atoms with Gasteiger partial charge in [0.05, 0.1) is 0 Å². The Labute approximate surface area is 142 Å². The molecule has 1 N–H and O–H groups in total. The third kappa shape index (κ3) is 4.89. The van der Waals surface area contributed by atoms with Crippen LogP contribution in [0.25, 0.3) is 0 Å². The first-order valence-electron chi connectivity index (χ1n) is 8.54. The summed E-state index contributed by atoms with van der Waals surface area (Å²) in [5, 5.41) is 6.89. The van der Waals surface area contributed by atoms with Crippen molar-refractivity contribution >= 4 is 5.91 Å². The molecule has 1 saturated heterocycles. The Kier molecular flexibility index (Phi) is 5.59. The third-order valence-electron chi connectivity index (χ3n) is 4.25. The quantitative estimate of drug-likeness (QED) is 0.843. The van der Waals surface area contributed by atoms with Crippen LogP contribution in [-0.4, -0.2) is 40.1 Å². The summed E-state index contributed by atoms with van der Waals surface area (Å²) >= 11 is 0. The molecule has 6 nitrogen and oxygen atoms in total. The zero-order valence-electron chi connectivity index (χ0n) is 14.1. The molecule has 128 valence electrons. The number of hydrogen-bond donors (Lipinski definition) is 1. The fraction of sp³-hybridized carbons (Fsp3) is 0.500. The van der Waals surface area contributed by atoms with E-state index in [4.69, 9.17) is 4.52 Å². The molecule has 1 aliphatic rings. The molecule has 1 fully saturated rings. The number of hydrogen-bond acceptors (Lipinski definition) is 5. The standard InChI is InChI=1S/C18H24N4O2/c1-14-19-18(24-21-14)9-5-8-17(23)20-16-10-11-22(13-16)12-15-6-3-2-4-7-15/h2-4,6-7,16H,5,8-13H2,1H3,(H,20,23)/t16-/m1/s1. The lowest BCUT2D eigenvalue weighted by Crippen LogP contribution is -2.36. The van der Waals surface area contributed by atoms with Gasteiger partial charge in [0, 0.05) is 38.5 Å². The number of aryl methyl sites for hydroxylation is 2. The summed E-state index contributed by atoms with van der Waals surface area (Å²) in [5.41, 5.74) is 1.32. The van der Waals surface area contributed by atoms with E-state index in [-0.39, 0.29) is 11.9 Å². The minimum atomic E-state index is 0.109. The van der Waals surface area contributed by atoms with Crippen LogP contribution in [0.1, 0.15) is 36.5 Å². The van der Waals surface area contributed by atoms with Crippen LogP contribution in [0.15, 0.2) is 34.9 Å². The van der Waals surface area contributed by atoms with Crippen LogP contribution in [0.2, 0.25) is 0 Å². The van der Waals surface area contributed by atoms with Gasteiger partial charge in [-0.05, 0) is 25.3 Å². The zero-order valence-corrected chi connectivity index (χ0v) is 14.1. The number of aromatic nitrogens is 2. The lowest BCUT2D eigenvalue weighted by Gasteiger charge is -2.16. The summed E-state index contributed by atoms with van der Waals surface area (Å²) in [6.45, 7) is 4.69. The van der Waals surface area contributed by atoms with E-state index in [2.05, 4.69) is 44.6 Å². The van der Waals surface area contributed by atoms with Gasteiger partial charge in [0.25, 0.3) is 0 Å². The number of carbonyl (C=O) groups excluding carboxylic acids is 1. The van der Waals surface area contributed by atoms with E-state index in [0.29, 0.717) is 24.6 Å². The van der Waals surface area contributed by atoms with Crippen molar-refractivity contribution in [1.29, 1.82) is 0 Å². The van der Waals surface area contributed by atoms with Crippen LogP contribution < -0.4 is 5.32 Å². The van der Waals surface area contributed by atoms with E-state index < -0.39 is 0 Å². The highest BCUT2D eigenvalue weighted by atomic mass is 16.5. The van der Waals surface area contributed by atoms with E-state index in [0.717, 1.165) is 32.5 Å². The van der Waals surface area contributed by atoms with Crippen LogP contribution in [0.3, 0.4) is 0 Å². The Balaban J connectivity index is 1.35. The fourth-order valence-corrected chi connectivity index (χ4v) is 3.08. The molecule has 0 bridgehead atoms. The van der Waals surface area contributed by atoms with E-state index in [9.17, 15) is 4.79 Å². The minimum Gasteiger partial charge on any atom is -0.352 e. The van der Waals surface area contributed by atoms with E-state index in [1.54, 1.807) is 6.92 Å². The van der Waals surface area contributed by atoms with Gasteiger partial charge < -0.3 is 9.84 Å². The average Bonchev–Trinajstić information content (AvgIpc) is 3.17. The minimum absolute atomic E-state index is 0.109. The van der Waals surface area contributed by atoms with Crippen LogP contribution in [0.5, 0.6) is 0 Å². The van der Waals surface area contributed by atoms with E-state index in [1.807, 2.05) is 6.07 Å². The van der Waals surface area contributed by atoms with Crippen molar-refractivity contribution in [2.45, 2.75) is 45.2 Å². The van der Waals surface area contributed by atoms with Gasteiger partial charge in [0.2, 0.25) is 11.8 Å². The second-order valence-corrected chi connectivity index (χ2v) is 6.36. The molecular formula is C18H24N4O2. The van der Waals surface area contributed by atoms with Gasteiger partial charge >= 0.3 is 0 Å². The van der Waals surface area contributed by atoms with Crippen molar-refractivity contribution in [1.82, 2.24) is 20.4 Å². The molecule has 1 aromatic heterocycles. The highest BCUT2D eigenvalue weighted by Crippen LogP contribution is 2.13. The first-order valence-corrected chi connectivity index (χ1v) is 8.54. The Morgan fingerprint density at radius 2 is 2.21 bits per heavy atom. The smallest absolute Gasteiger partial charge is 0.226 e. The number of benzene rings is 1. The SMILES string of the molecule is Cc1noc(CCCC(=O)N[C@@H]2CCN(Cc3ccccc3)C2)n1. The maximum Gasteiger partial charge on any atom is 0.226 e. The predicted octanol–water partition coefficient (Wildman–Crippen LogP) is 2.09. The normalized spacial score (nSPS) is 18.0. The molecule has 1 aliphatic heterocycles. The fourth-order valence-electron chi connectivity index (χ4n) is 3.08. The maximum absolute atomic E-state index is 12.1. The first kappa shape index (κ1) is 16.6. The van der Waals surface area contributed by atoms with Gasteiger partial charge in [0.15, 0.2) is 5.82 Å². The second kappa shape index (κ2) is 8.06. The number of likely N-dealkylation sites (tertiary alicyclic amines) is 1. The predicted molar refractivity (Wildman–Crippen MR) is 90.2 cm³/mol. The first-order chi connectivity index (χ1) is 11.7. The monoisotopic (exact) mass is 328 g/mol. The molecule has 24 heavy (non-hydrogen) atoms. The average molecular weight is 328 g/mol. The molecule has 2 heterocycles. The Hall–Kier alpha value is -2.21. The number of carbonyl (C=O) groups is 1. The zero-order chi connectivity index (χ0) is 16.8. The molecule has 0 unspecified atom stereocenters. The number of nitrogens with zero attached hydrogens (tertiary/aromatic N) is 3. The molecule has 0 saturated carbocycles. The molecule has 0 radical (unpaired) electrons. The topological polar surface area (TPSA) is 71.3 Å². The van der Waals surface area contributed by atoms with Crippen molar-refractivity contribution < 1.29 is 9.32 Å². The van der Waals surface area contributed by atoms with Crippen LogP contribution in [-0.2, 0) is 17.8 Å². The third-order valence-corrected chi connectivity index (χ3v) is 4.25. The van der Waals surface area contributed by atoms with Gasteiger partial charge in [-0.25, -0.2) is 0 Å². The van der Waals surface area contributed by atoms with Crippen molar-refractivity contribution in [2.24, 2.45) is 0 Å². The van der Waals surface area contributed by atoms with Gasteiger partial charge in [-0.1, -0.05) is 35.5 Å². The molecule has 6 heteroatoms. The lowest BCUT2D eigenvalue weighted by atomic mass is 10.2. The Morgan fingerprint density at radius 1 is 1.38 bits per heavy atom. The summed E-state index contributed by atoms with van der Waals surface area (Å²) < 4.78 is 5.05. The molecule has 1 atom stereocenters. The molecule has 3 rings (SSSR count). The second-order valence-electron chi connectivity index (χ2n) is 6.36. The van der Waals surface area contributed by atoms with Crippen molar-refractivity contribution in [3.05, 3.63) is 47.6 Å². The van der Waals surface area contributed by atoms with Gasteiger partial charge in [0.1, 0.15) is 0 Å². The molecule has 0 spiro atoms.